The normalized spacial score (nSPS) is 18.1. The number of anilines is 1. The van der Waals surface area contributed by atoms with Gasteiger partial charge in [-0.25, -0.2) is 12.7 Å². The molecule has 0 fully saturated rings. The van der Waals surface area contributed by atoms with Crippen LogP contribution < -0.4 is 4.90 Å². The Hall–Kier alpha value is -6.42. The van der Waals surface area contributed by atoms with E-state index >= 15 is 9.59 Å². The van der Waals surface area contributed by atoms with Crippen molar-refractivity contribution in [1.82, 2.24) is 4.31 Å². The monoisotopic (exact) mass is 1290 g/mol. The molecule has 0 radical (unpaired) electrons. The van der Waals surface area contributed by atoms with Gasteiger partial charge in [0.1, 0.15) is 12.0 Å². The number of nitrogens with zero attached hydrogens (tertiary/aromatic N) is 3. The average molecular weight is 1290 g/mol. The van der Waals surface area contributed by atoms with Crippen molar-refractivity contribution >= 4 is 95.2 Å². The molecule has 0 spiro atoms. The summed E-state index contributed by atoms with van der Waals surface area (Å²) < 4.78 is 201. The van der Waals surface area contributed by atoms with Gasteiger partial charge in [-0.1, -0.05) is 32.1 Å². The maximum absolute atomic E-state index is 15.5. The van der Waals surface area contributed by atoms with E-state index in [4.69, 9.17) is 5.11 Å². The molecule has 0 atom stereocenters. The number of carbonyl (C=O) groups is 3. The van der Waals surface area contributed by atoms with E-state index in [9.17, 15) is 78.1 Å². The first-order chi connectivity index (χ1) is 39.1. The first-order valence-corrected chi connectivity index (χ1v) is 34.9. The zero-order valence-corrected chi connectivity index (χ0v) is 51.2. The predicted molar refractivity (Wildman–Crippen MR) is 311 cm³/mol. The van der Waals surface area contributed by atoms with Crippen molar-refractivity contribution in [2.24, 2.45) is 5.41 Å². The molecule has 85 heavy (non-hydrogen) atoms. The molecule has 0 aromatic heterocycles. The number of fused-ring (bicyclic) bond motifs is 2. The topological polar surface area (TPSA) is 387 Å². The summed E-state index contributed by atoms with van der Waals surface area (Å²) in [6.07, 6.45) is 6.44. The van der Waals surface area contributed by atoms with Crippen LogP contribution in [0.4, 0.5) is 11.4 Å². The third-order valence-electron chi connectivity index (χ3n) is 15.2. The molecule has 0 saturated carbocycles. The zero-order valence-electron chi connectivity index (χ0n) is 46.3. The molecule has 0 bridgehead atoms. The molecule has 2 heterocycles. The van der Waals surface area contributed by atoms with Crippen LogP contribution >= 0.6 is 0 Å². The number of hydrogen-bond acceptors (Lipinski definition) is 16. The van der Waals surface area contributed by atoms with Crippen LogP contribution in [0.2, 0.25) is 0 Å². The standard InChI is InChI=1S/C55H61N3O21S6/c1-53(2)44-32-42(82(69,70)56(5)26-6-9-50(59)60)20-22-46(44)57(27-7-29-80(63,64)65)48(53)24-10-36-31-37(11-25-49-54(3,4)45-33-43(85(77,78)79)21-23-47(45)58(49)28-8-30-81(66,67)68)35-55(34-36,51(61)38-12-16-40(17-13-38)83(71,72)73)52(62)39-14-18-41(19-15-39)84(74,75)76/h10-25,31-33H,6-9,26-30,34-35H2,1-5H3,(H5-,59,60,63,64,65,66,67,68,71,72,73,74,75,76,77,78,79)/p+1. The van der Waals surface area contributed by atoms with Crippen molar-refractivity contribution in [3.8, 4) is 0 Å². The molecule has 4 aromatic carbocycles. The summed E-state index contributed by atoms with van der Waals surface area (Å²) in [6, 6.07) is 16.1. The molecule has 1 aliphatic carbocycles. The smallest absolute Gasteiger partial charge is 0.303 e. The van der Waals surface area contributed by atoms with E-state index in [1.807, 2.05) is 0 Å². The van der Waals surface area contributed by atoms with Crippen LogP contribution in [0.3, 0.4) is 0 Å². The Kier molecular flexibility index (Phi) is 18.7. The molecule has 0 unspecified atom stereocenters. The Morgan fingerprint density at radius 3 is 1.62 bits per heavy atom. The van der Waals surface area contributed by atoms with Crippen LogP contribution in [0.5, 0.6) is 0 Å². The van der Waals surface area contributed by atoms with Crippen LogP contribution in [0.15, 0.2) is 152 Å². The van der Waals surface area contributed by atoms with Gasteiger partial charge in [0.05, 0.1) is 36.5 Å². The summed E-state index contributed by atoms with van der Waals surface area (Å²) >= 11 is 0. The van der Waals surface area contributed by atoms with E-state index in [1.165, 1.54) is 37.4 Å². The van der Waals surface area contributed by atoms with E-state index in [0.717, 1.165) is 58.9 Å². The molecule has 2 aliphatic heterocycles. The molecule has 7 rings (SSSR count). The molecule has 24 nitrogen and oxygen atoms in total. The highest BCUT2D eigenvalue weighted by molar-refractivity contribution is 7.89. The maximum Gasteiger partial charge on any atom is 0.303 e. The molecule has 3 aliphatic rings. The van der Waals surface area contributed by atoms with Gasteiger partial charge in [-0.15, -0.1) is 0 Å². The second-order valence-electron chi connectivity index (χ2n) is 21.8. The SMILES string of the molecule is CN(CCCC(=O)O)S(=O)(=O)c1ccc2c(c1)C(C)(C)C(/C=C/C1=CC(=C/C=C3/N(CCCS(=O)(=O)O)c4ccc(S(=O)(=O)O)cc4C3(C)C)/CC(C(=O)c3ccc(S(=O)(=O)O)cc3)(C(=O)c3ccc(S(=O)(=O)O)cc3)C1)=[N+]2CCCS(=O)(=O)O. The minimum Gasteiger partial charge on any atom is -0.481 e. The van der Waals surface area contributed by atoms with Gasteiger partial charge in [0.2, 0.25) is 15.7 Å². The summed E-state index contributed by atoms with van der Waals surface area (Å²) in [5.41, 5.74) is -2.05. The number of carboxylic acid groups (broad SMARTS) is 1. The van der Waals surface area contributed by atoms with Gasteiger partial charge in [0, 0.05) is 78.6 Å². The highest BCUT2D eigenvalue weighted by Crippen LogP contribution is 2.50. The fourth-order valence-electron chi connectivity index (χ4n) is 10.9. The van der Waals surface area contributed by atoms with E-state index < -0.39 is 133 Å². The van der Waals surface area contributed by atoms with Crippen molar-refractivity contribution in [3.05, 3.63) is 154 Å². The van der Waals surface area contributed by atoms with Gasteiger partial charge in [-0.2, -0.15) is 46.7 Å². The van der Waals surface area contributed by atoms with Crippen molar-refractivity contribution in [2.45, 2.75) is 96.6 Å². The Morgan fingerprint density at radius 1 is 0.600 bits per heavy atom. The highest BCUT2D eigenvalue weighted by atomic mass is 32.2. The molecular formula is C55H62N3O21S6+. The number of sulfonamides is 1. The number of aliphatic carboxylic acids is 1. The Balaban J connectivity index is 1.46. The Bertz CT molecular complexity index is 4190. The number of hydrogen-bond donors (Lipinski definition) is 6. The van der Waals surface area contributed by atoms with Gasteiger partial charge in [0.25, 0.3) is 50.6 Å². The van der Waals surface area contributed by atoms with Crippen molar-refractivity contribution < 1.29 is 97.3 Å². The molecule has 458 valence electrons. The average Bonchev–Trinajstić information content (AvgIpc) is 1.74. The maximum atomic E-state index is 15.5. The second-order valence-corrected chi connectivity index (χ2v) is 31.3. The van der Waals surface area contributed by atoms with Crippen LogP contribution in [-0.2, 0) is 76.2 Å². The molecule has 6 N–H and O–H groups in total. The number of carbonyl (C=O) groups excluding carboxylic acids is 2. The van der Waals surface area contributed by atoms with Crippen LogP contribution in [-0.4, -0.2) is 149 Å². The van der Waals surface area contributed by atoms with E-state index in [-0.39, 0.29) is 72.5 Å². The lowest BCUT2D eigenvalue weighted by Crippen LogP contribution is -2.42. The first kappa shape index (κ1) is 66.1. The van der Waals surface area contributed by atoms with Crippen molar-refractivity contribution in [2.75, 3.05) is 43.1 Å². The molecular weight excluding hydrogens is 1230 g/mol. The summed E-state index contributed by atoms with van der Waals surface area (Å²) in [4.78, 5) is 42.2. The van der Waals surface area contributed by atoms with Crippen LogP contribution in [0.25, 0.3) is 0 Å². The first-order valence-electron chi connectivity index (χ1n) is 25.9. The molecule has 30 heteroatoms. The molecule has 0 saturated heterocycles. The largest absolute Gasteiger partial charge is 0.481 e. The van der Waals surface area contributed by atoms with Crippen LogP contribution in [0, 0.1) is 5.41 Å². The van der Waals surface area contributed by atoms with E-state index in [2.05, 4.69) is 0 Å². The van der Waals surface area contributed by atoms with Gasteiger partial charge in [-0.05, 0) is 141 Å². The minimum absolute atomic E-state index is 0.0138. The third-order valence-corrected chi connectivity index (χ3v) is 21.2. The third kappa shape index (κ3) is 14.7. The van der Waals surface area contributed by atoms with E-state index in [1.54, 1.807) is 67.6 Å². The number of rotatable bonds is 24. The van der Waals surface area contributed by atoms with Crippen molar-refractivity contribution in [3.63, 3.8) is 0 Å². The summed E-state index contributed by atoms with van der Waals surface area (Å²) in [5.74, 6) is -4.27. The van der Waals surface area contributed by atoms with E-state index in [0.29, 0.717) is 33.9 Å². The van der Waals surface area contributed by atoms with Crippen molar-refractivity contribution in [1.29, 1.82) is 0 Å². The number of ketones is 2. The number of benzene rings is 4. The fourth-order valence-corrected chi connectivity index (χ4v) is 14.6. The molecule has 0 amide bonds. The molecule has 4 aromatic rings. The number of carboxylic acids is 1. The zero-order chi connectivity index (χ0) is 63.3. The minimum atomic E-state index is -4.80. The highest BCUT2D eigenvalue weighted by Gasteiger charge is 2.50. The quantitative estimate of drug-likeness (QED) is 0.0189. The fraction of sp³-hybridized carbons (Fsp3) is 0.345. The Labute approximate surface area is 493 Å². The second kappa shape index (κ2) is 24.0. The summed E-state index contributed by atoms with van der Waals surface area (Å²) in [7, 11) is -26.2. The lowest BCUT2D eigenvalue weighted by atomic mass is 9.64. The lowest BCUT2D eigenvalue weighted by Gasteiger charge is -2.35. The van der Waals surface area contributed by atoms with Gasteiger partial charge in [0.15, 0.2) is 17.3 Å². The van der Waals surface area contributed by atoms with Gasteiger partial charge >= 0.3 is 5.97 Å². The summed E-state index contributed by atoms with van der Waals surface area (Å²) in [5, 5.41) is 9.17. The Morgan fingerprint density at radius 2 is 1.11 bits per heavy atom. The van der Waals surface area contributed by atoms with Gasteiger partial charge < -0.3 is 10.0 Å². The number of Topliss-reactive ketones (excluding diaryl/α,β-unsaturated/α-hetero) is 2. The van der Waals surface area contributed by atoms with Gasteiger partial charge in [-0.3, -0.25) is 37.1 Å². The lowest BCUT2D eigenvalue weighted by molar-refractivity contribution is -0.437. The summed E-state index contributed by atoms with van der Waals surface area (Å²) in [6.45, 7) is 6.65. The predicted octanol–water partition coefficient (Wildman–Crippen LogP) is 6.48. The van der Waals surface area contributed by atoms with Crippen LogP contribution in [0.1, 0.15) is 98.1 Å². The number of allylic oxidation sites excluding steroid dienone is 8.